The van der Waals surface area contributed by atoms with Crippen molar-refractivity contribution >= 4 is 0 Å². The highest BCUT2D eigenvalue weighted by molar-refractivity contribution is 5.50. The molecule has 5 atom stereocenters. The molecule has 0 aliphatic heterocycles. The maximum absolute atomic E-state index is 4.50. The summed E-state index contributed by atoms with van der Waals surface area (Å²) in [5.41, 5.74) is 6.78. The lowest BCUT2D eigenvalue weighted by atomic mass is 9.49. The van der Waals surface area contributed by atoms with Gasteiger partial charge in [-0.25, -0.2) is 0 Å². The molecule has 172 valence electrons. The summed E-state index contributed by atoms with van der Waals surface area (Å²) in [7, 11) is 0. The number of allylic oxidation sites excluding steroid dienone is 8. The van der Waals surface area contributed by atoms with E-state index in [1.165, 1.54) is 68.9 Å². The van der Waals surface area contributed by atoms with Crippen molar-refractivity contribution in [2.24, 2.45) is 28.1 Å². The largest absolute Gasteiger partial charge is 0.0993 e. The molecular formula is C31H48. The lowest BCUT2D eigenvalue weighted by Crippen LogP contribution is -2.46. The fraction of sp³-hybridized carbons (Fsp3) is 0.677. The molecule has 0 amide bonds. The van der Waals surface area contributed by atoms with Crippen LogP contribution in [0.1, 0.15) is 106 Å². The highest BCUT2D eigenvalue weighted by Gasteiger charge is 2.60. The summed E-state index contributed by atoms with van der Waals surface area (Å²) in [4.78, 5) is 0. The average Bonchev–Trinajstić information content (AvgIpc) is 3.00. The SMILES string of the molecule is C1CCC1.C=C1C=CC2(C)C(=C1)CCC1C2=CC[C@@]2(C)C1CCC2(C)C(=C)CC.CC. The van der Waals surface area contributed by atoms with Crippen molar-refractivity contribution in [2.45, 2.75) is 106 Å². The van der Waals surface area contributed by atoms with Crippen LogP contribution < -0.4 is 0 Å². The number of fused-ring (bicyclic) bond motifs is 5. The number of rotatable bonds is 2. The molecule has 31 heavy (non-hydrogen) atoms. The summed E-state index contributed by atoms with van der Waals surface area (Å²) < 4.78 is 0. The van der Waals surface area contributed by atoms with E-state index in [9.17, 15) is 0 Å². The lowest BCUT2D eigenvalue weighted by Gasteiger charge is -2.55. The second kappa shape index (κ2) is 9.29. The van der Waals surface area contributed by atoms with Gasteiger partial charge in [0.05, 0.1) is 0 Å². The van der Waals surface area contributed by atoms with E-state index in [1.54, 1.807) is 11.1 Å². The quantitative estimate of drug-likeness (QED) is 0.390. The van der Waals surface area contributed by atoms with Crippen molar-refractivity contribution in [3.8, 4) is 0 Å². The zero-order valence-corrected chi connectivity index (χ0v) is 21.4. The van der Waals surface area contributed by atoms with E-state index in [1.807, 2.05) is 13.8 Å². The highest BCUT2D eigenvalue weighted by atomic mass is 14.6. The molecule has 3 fully saturated rings. The molecule has 0 aromatic heterocycles. The first-order chi connectivity index (χ1) is 14.8. The Hall–Kier alpha value is -1.30. The first-order valence-electron chi connectivity index (χ1n) is 13.2. The normalized spacial score (nSPS) is 39.7. The van der Waals surface area contributed by atoms with Gasteiger partial charge in [0.25, 0.3) is 0 Å². The Bertz CT molecular complexity index is 781. The molecule has 5 aliphatic rings. The summed E-state index contributed by atoms with van der Waals surface area (Å²) in [6.07, 6.45) is 23.3. The first kappa shape index (κ1) is 24.3. The van der Waals surface area contributed by atoms with E-state index >= 15 is 0 Å². The van der Waals surface area contributed by atoms with Gasteiger partial charge in [-0.05, 0) is 73.7 Å². The van der Waals surface area contributed by atoms with Gasteiger partial charge in [-0.3, -0.25) is 0 Å². The van der Waals surface area contributed by atoms with Gasteiger partial charge in [0.2, 0.25) is 0 Å². The second-order valence-electron chi connectivity index (χ2n) is 11.1. The summed E-state index contributed by atoms with van der Waals surface area (Å²) in [6, 6.07) is 0. The van der Waals surface area contributed by atoms with Crippen molar-refractivity contribution in [2.75, 3.05) is 0 Å². The van der Waals surface area contributed by atoms with Gasteiger partial charge in [-0.15, -0.1) is 0 Å². The third-order valence-corrected chi connectivity index (χ3v) is 9.85. The van der Waals surface area contributed by atoms with Crippen LogP contribution >= 0.6 is 0 Å². The minimum atomic E-state index is 0.145. The minimum Gasteiger partial charge on any atom is -0.0993 e. The maximum Gasteiger partial charge on any atom is 0.0281 e. The Morgan fingerprint density at radius 3 is 2.29 bits per heavy atom. The van der Waals surface area contributed by atoms with Crippen LogP contribution in [-0.4, -0.2) is 0 Å². The summed E-state index contributed by atoms with van der Waals surface area (Å²) in [5.74, 6) is 1.57. The molecule has 0 saturated heterocycles. The van der Waals surface area contributed by atoms with Crippen molar-refractivity contribution in [3.05, 3.63) is 59.8 Å². The van der Waals surface area contributed by atoms with Gasteiger partial charge in [0.1, 0.15) is 0 Å². The molecular weight excluding hydrogens is 372 g/mol. The van der Waals surface area contributed by atoms with Crippen LogP contribution in [-0.2, 0) is 0 Å². The molecule has 4 unspecified atom stereocenters. The molecule has 0 heteroatoms. The summed E-state index contributed by atoms with van der Waals surface area (Å²) >= 11 is 0. The van der Waals surface area contributed by atoms with Gasteiger partial charge >= 0.3 is 0 Å². The minimum absolute atomic E-state index is 0.145. The smallest absolute Gasteiger partial charge is 0.0281 e. The standard InChI is InChI=1S/C25H34.C4H8.C2H6/c1-7-18(3)24(5)14-12-22-20-9-8-19-16-17(2)10-13-23(19,4)21(20)11-15-25(22,24)6;1-2-4-3-1;1-2/h10-11,13,16,20,22H,2-3,7-9,12,14-15H2,1,4-6H3;1-4H2;1-2H3/t20?,22?,23?,24?,25-;;/m0../s1. The zero-order valence-electron chi connectivity index (χ0n) is 21.4. The molecule has 0 spiro atoms. The molecule has 0 bridgehead atoms. The fourth-order valence-corrected chi connectivity index (χ4v) is 7.07. The third-order valence-electron chi connectivity index (χ3n) is 9.85. The van der Waals surface area contributed by atoms with E-state index in [0.717, 1.165) is 18.3 Å². The fourth-order valence-electron chi connectivity index (χ4n) is 7.07. The van der Waals surface area contributed by atoms with E-state index in [0.29, 0.717) is 10.8 Å². The Morgan fingerprint density at radius 1 is 1.06 bits per heavy atom. The van der Waals surface area contributed by atoms with Gasteiger partial charge < -0.3 is 0 Å². The predicted molar refractivity (Wildman–Crippen MR) is 138 cm³/mol. The molecule has 0 heterocycles. The number of hydrogen-bond donors (Lipinski definition) is 0. The summed E-state index contributed by atoms with van der Waals surface area (Å²) in [6.45, 7) is 22.5. The topological polar surface area (TPSA) is 0 Å². The van der Waals surface area contributed by atoms with Gasteiger partial charge in [-0.2, -0.15) is 0 Å². The second-order valence-corrected chi connectivity index (χ2v) is 11.1. The molecule has 5 rings (SSSR count). The van der Waals surface area contributed by atoms with E-state index in [-0.39, 0.29) is 5.41 Å². The summed E-state index contributed by atoms with van der Waals surface area (Å²) in [5, 5.41) is 0. The molecule has 0 radical (unpaired) electrons. The van der Waals surface area contributed by atoms with Crippen molar-refractivity contribution in [1.82, 2.24) is 0 Å². The Labute approximate surface area is 193 Å². The molecule has 0 N–H and O–H groups in total. The van der Waals surface area contributed by atoms with Crippen LogP contribution in [0.4, 0.5) is 0 Å². The van der Waals surface area contributed by atoms with Crippen LogP contribution in [0, 0.1) is 28.1 Å². The molecule has 5 aliphatic carbocycles. The molecule has 0 nitrogen and oxygen atoms in total. The van der Waals surface area contributed by atoms with E-state index < -0.39 is 0 Å². The Kier molecular flexibility index (Phi) is 7.29. The van der Waals surface area contributed by atoms with Gasteiger partial charge in [0, 0.05) is 5.41 Å². The van der Waals surface area contributed by atoms with Crippen molar-refractivity contribution in [1.29, 1.82) is 0 Å². The van der Waals surface area contributed by atoms with Crippen LogP contribution in [0.2, 0.25) is 0 Å². The zero-order chi connectivity index (χ0) is 22.9. The maximum atomic E-state index is 4.50. The van der Waals surface area contributed by atoms with Crippen LogP contribution in [0.25, 0.3) is 0 Å². The predicted octanol–water partition coefficient (Wildman–Crippen LogP) is 9.76. The third kappa shape index (κ3) is 3.87. The Balaban J connectivity index is 0.000000400. The van der Waals surface area contributed by atoms with E-state index in [4.69, 9.17) is 0 Å². The highest BCUT2D eigenvalue weighted by Crippen LogP contribution is 2.69. The van der Waals surface area contributed by atoms with Crippen LogP contribution in [0.5, 0.6) is 0 Å². The molecule has 0 aromatic carbocycles. The average molecular weight is 421 g/mol. The van der Waals surface area contributed by atoms with Crippen LogP contribution in [0.15, 0.2) is 59.8 Å². The van der Waals surface area contributed by atoms with Crippen LogP contribution in [0.3, 0.4) is 0 Å². The molecule has 0 aromatic rings. The molecule has 3 saturated carbocycles. The van der Waals surface area contributed by atoms with Gasteiger partial charge in [0.15, 0.2) is 0 Å². The lowest BCUT2D eigenvalue weighted by molar-refractivity contribution is 0.0525. The van der Waals surface area contributed by atoms with Gasteiger partial charge in [-0.1, -0.05) is 114 Å². The Morgan fingerprint density at radius 2 is 1.71 bits per heavy atom. The first-order valence-corrected chi connectivity index (χ1v) is 13.2. The monoisotopic (exact) mass is 420 g/mol. The van der Waals surface area contributed by atoms with E-state index in [2.05, 4.69) is 65.2 Å². The van der Waals surface area contributed by atoms with Crippen molar-refractivity contribution in [3.63, 3.8) is 0 Å². The number of hydrogen-bond acceptors (Lipinski definition) is 0. The van der Waals surface area contributed by atoms with Crippen molar-refractivity contribution < 1.29 is 0 Å².